The SMILES string of the molecule is O=C(O)CSc1nnc(Nc2ccc(Cl)c(F)c2)s1. The highest BCUT2D eigenvalue weighted by Crippen LogP contribution is 2.28. The zero-order valence-electron chi connectivity index (χ0n) is 9.26. The molecular formula is C10H7ClFN3O2S2. The highest BCUT2D eigenvalue weighted by atomic mass is 35.5. The van der Waals surface area contributed by atoms with Crippen molar-refractivity contribution in [2.24, 2.45) is 0 Å². The fourth-order valence-corrected chi connectivity index (χ4v) is 2.75. The molecule has 0 atom stereocenters. The number of hydrogen-bond donors (Lipinski definition) is 2. The van der Waals surface area contributed by atoms with E-state index >= 15 is 0 Å². The van der Waals surface area contributed by atoms with Gasteiger partial charge in [-0.1, -0.05) is 34.7 Å². The molecule has 0 aliphatic heterocycles. The first-order valence-corrected chi connectivity index (χ1v) is 7.13. The second kappa shape index (κ2) is 6.18. The number of nitrogens with one attached hydrogen (secondary N) is 1. The summed E-state index contributed by atoms with van der Waals surface area (Å²) in [5.41, 5.74) is 0.493. The van der Waals surface area contributed by atoms with E-state index in [1.807, 2.05) is 0 Å². The number of aromatic nitrogens is 2. The summed E-state index contributed by atoms with van der Waals surface area (Å²) in [5.74, 6) is -1.53. The van der Waals surface area contributed by atoms with E-state index in [0.717, 1.165) is 11.8 Å². The number of carboxylic acid groups (broad SMARTS) is 1. The van der Waals surface area contributed by atoms with Crippen LogP contribution in [0.4, 0.5) is 15.2 Å². The number of carbonyl (C=O) groups is 1. The Labute approximate surface area is 120 Å². The summed E-state index contributed by atoms with van der Waals surface area (Å²) in [6.07, 6.45) is 0. The van der Waals surface area contributed by atoms with Crippen LogP contribution in [-0.4, -0.2) is 27.0 Å². The van der Waals surface area contributed by atoms with E-state index in [1.165, 1.54) is 23.5 Å². The first-order chi connectivity index (χ1) is 9.04. The molecule has 0 saturated carbocycles. The van der Waals surface area contributed by atoms with Gasteiger partial charge in [0.1, 0.15) is 5.82 Å². The Bertz CT molecular complexity index is 608. The van der Waals surface area contributed by atoms with Crippen LogP contribution in [0.25, 0.3) is 0 Å². The molecule has 9 heteroatoms. The normalized spacial score (nSPS) is 10.4. The molecule has 0 unspecified atom stereocenters. The van der Waals surface area contributed by atoms with Gasteiger partial charge >= 0.3 is 5.97 Å². The number of aliphatic carboxylic acids is 1. The minimum absolute atomic E-state index is 0.0421. The third-order valence-corrected chi connectivity index (χ3v) is 4.16. The first-order valence-electron chi connectivity index (χ1n) is 4.95. The molecule has 1 aromatic carbocycles. The highest BCUT2D eigenvalue weighted by Gasteiger charge is 2.08. The zero-order valence-corrected chi connectivity index (χ0v) is 11.7. The van der Waals surface area contributed by atoms with Gasteiger partial charge < -0.3 is 10.4 Å². The minimum Gasteiger partial charge on any atom is -0.481 e. The van der Waals surface area contributed by atoms with E-state index in [-0.39, 0.29) is 10.8 Å². The van der Waals surface area contributed by atoms with Crippen molar-refractivity contribution in [3.05, 3.63) is 29.0 Å². The van der Waals surface area contributed by atoms with Gasteiger partial charge in [0.2, 0.25) is 5.13 Å². The van der Waals surface area contributed by atoms with Gasteiger partial charge in [0.25, 0.3) is 0 Å². The van der Waals surface area contributed by atoms with Crippen LogP contribution in [0.15, 0.2) is 22.5 Å². The molecular weight excluding hydrogens is 313 g/mol. The van der Waals surface area contributed by atoms with Gasteiger partial charge in [0.05, 0.1) is 10.8 Å². The Balaban J connectivity index is 2.02. The molecule has 0 radical (unpaired) electrons. The molecule has 1 heterocycles. The zero-order chi connectivity index (χ0) is 13.8. The van der Waals surface area contributed by atoms with E-state index < -0.39 is 11.8 Å². The topological polar surface area (TPSA) is 75.1 Å². The molecule has 0 fully saturated rings. The van der Waals surface area contributed by atoms with E-state index in [2.05, 4.69) is 15.5 Å². The summed E-state index contributed by atoms with van der Waals surface area (Å²) in [4.78, 5) is 10.4. The quantitative estimate of drug-likeness (QED) is 0.824. The summed E-state index contributed by atoms with van der Waals surface area (Å²) < 4.78 is 13.7. The van der Waals surface area contributed by atoms with Crippen molar-refractivity contribution < 1.29 is 14.3 Å². The smallest absolute Gasteiger partial charge is 0.313 e. The molecule has 2 rings (SSSR count). The maximum Gasteiger partial charge on any atom is 0.313 e. The van der Waals surface area contributed by atoms with Crippen molar-refractivity contribution in [3.8, 4) is 0 Å². The van der Waals surface area contributed by atoms with E-state index in [1.54, 1.807) is 6.07 Å². The number of rotatable bonds is 5. The Morgan fingerprint density at radius 2 is 2.32 bits per heavy atom. The average Bonchev–Trinajstić information content (AvgIpc) is 2.79. The van der Waals surface area contributed by atoms with Crippen LogP contribution >= 0.6 is 34.7 Å². The Hall–Kier alpha value is -1.38. The number of anilines is 2. The molecule has 0 amide bonds. The van der Waals surface area contributed by atoms with Crippen molar-refractivity contribution in [2.75, 3.05) is 11.1 Å². The van der Waals surface area contributed by atoms with Crippen LogP contribution in [0.5, 0.6) is 0 Å². The minimum atomic E-state index is -0.922. The summed E-state index contributed by atoms with van der Waals surface area (Å²) in [5, 5.41) is 19.5. The summed E-state index contributed by atoms with van der Waals surface area (Å²) in [7, 11) is 0. The van der Waals surface area contributed by atoms with Gasteiger partial charge in [-0.05, 0) is 18.2 Å². The van der Waals surface area contributed by atoms with E-state index in [9.17, 15) is 9.18 Å². The third-order valence-electron chi connectivity index (χ3n) is 1.90. The molecule has 5 nitrogen and oxygen atoms in total. The lowest BCUT2D eigenvalue weighted by Gasteiger charge is -2.02. The molecule has 0 bridgehead atoms. The molecule has 0 aliphatic carbocycles. The number of thioether (sulfide) groups is 1. The van der Waals surface area contributed by atoms with E-state index in [4.69, 9.17) is 16.7 Å². The van der Waals surface area contributed by atoms with Gasteiger partial charge in [0.15, 0.2) is 4.34 Å². The maximum atomic E-state index is 13.2. The van der Waals surface area contributed by atoms with Gasteiger partial charge in [0, 0.05) is 5.69 Å². The fraction of sp³-hybridized carbons (Fsp3) is 0.100. The lowest BCUT2D eigenvalue weighted by atomic mass is 10.3. The van der Waals surface area contributed by atoms with Crippen molar-refractivity contribution in [3.63, 3.8) is 0 Å². The van der Waals surface area contributed by atoms with Crippen LogP contribution in [-0.2, 0) is 4.79 Å². The van der Waals surface area contributed by atoms with Gasteiger partial charge in [-0.2, -0.15) is 0 Å². The van der Waals surface area contributed by atoms with Gasteiger partial charge in [-0.3, -0.25) is 4.79 Å². The van der Waals surface area contributed by atoms with Crippen LogP contribution in [0.3, 0.4) is 0 Å². The predicted molar refractivity (Wildman–Crippen MR) is 73.0 cm³/mol. The Kier molecular flexibility index (Phi) is 4.56. The number of hydrogen-bond acceptors (Lipinski definition) is 6. The molecule has 0 spiro atoms. The van der Waals surface area contributed by atoms with Crippen LogP contribution in [0.2, 0.25) is 5.02 Å². The lowest BCUT2D eigenvalue weighted by molar-refractivity contribution is -0.133. The number of carboxylic acids is 1. The molecule has 0 saturated heterocycles. The maximum absolute atomic E-state index is 13.2. The number of halogens is 2. The average molecular weight is 320 g/mol. The van der Waals surface area contributed by atoms with Crippen LogP contribution < -0.4 is 5.32 Å². The van der Waals surface area contributed by atoms with Crippen molar-refractivity contribution in [1.82, 2.24) is 10.2 Å². The number of nitrogens with zero attached hydrogens (tertiary/aromatic N) is 2. The second-order valence-electron chi connectivity index (χ2n) is 3.31. The van der Waals surface area contributed by atoms with Crippen molar-refractivity contribution >= 4 is 51.5 Å². The molecule has 1 aromatic heterocycles. The van der Waals surface area contributed by atoms with Crippen molar-refractivity contribution in [1.29, 1.82) is 0 Å². The largest absolute Gasteiger partial charge is 0.481 e. The number of benzene rings is 1. The standard InChI is InChI=1S/C10H7ClFN3O2S2/c11-6-2-1-5(3-7(6)12)13-9-14-15-10(19-9)18-4-8(16)17/h1-3H,4H2,(H,13,14)(H,16,17). The van der Waals surface area contributed by atoms with Gasteiger partial charge in [-0.25, -0.2) is 4.39 Å². The van der Waals surface area contributed by atoms with Gasteiger partial charge in [-0.15, -0.1) is 10.2 Å². The van der Waals surface area contributed by atoms with Crippen LogP contribution in [0.1, 0.15) is 0 Å². The van der Waals surface area contributed by atoms with Crippen molar-refractivity contribution in [2.45, 2.75) is 4.34 Å². The van der Waals surface area contributed by atoms with Crippen LogP contribution in [0, 0.1) is 5.82 Å². The summed E-state index contributed by atoms with van der Waals surface area (Å²) in [6.45, 7) is 0. The molecule has 100 valence electrons. The fourth-order valence-electron chi connectivity index (χ4n) is 1.14. The predicted octanol–water partition coefficient (Wildman–Crippen LogP) is 3.25. The first kappa shape index (κ1) is 14.0. The molecule has 2 aromatic rings. The monoisotopic (exact) mass is 319 g/mol. The Morgan fingerprint density at radius 3 is 3.00 bits per heavy atom. The molecule has 19 heavy (non-hydrogen) atoms. The molecule has 2 N–H and O–H groups in total. The Morgan fingerprint density at radius 1 is 1.53 bits per heavy atom. The molecule has 0 aliphatic rings. The summed E-state index contributed by atoms with van der Waals surface area (Å²) >= 11 is 7.84. The summed E-state index contributed by atoms with van der Waals surface area (Å²) in [6, 6.07) is 4.28. The third kappa shape index (κ3) is 4.05. The van der Waals surface area contributed by atoms with E-state index in [0.29, 0.717) is 15.2 Å². The highest BCUT2D eigenvalue weighted by molar-refractivity contribution is 8.01. The second-order valence-corrected chi connectivity index (χ2v) is 5.92. The lowest BCUT2D eigenvalue weighted by Crippen LogP contribution is -1.96.